The lowest BCUT2D eigenvalue weighted by atomic mass is 10.3. The Hall–Kier alpha value is -0.410. The first-order chi connectivity index (χ1) is 6.27. The van der Waals surface area contributed by atoms with Crippen molar-refractivity contribution in [3.8, 4) is 0 Å². The van der Waals surface area contributed by atoms with Gasteiger partial charge in [-0.05, 0) is 26.3 Å². The van der Waals surface area contributed by atoms with Crippen LogP contribution in [0.2, 0.25) is 0 Å². The van der Waals surface area contributed by atoms with Crippen molar-refractivity contribution in [3.05, 3.63) is 16.1 Å². The molecule has 0 saturated heterocycles. The fourth-order valence-corrected chi connectivity index (χ4v) is 2.02. The van der Waals surface area contributed by atoms with Crippen LogP contribution in [0.3, 0.4) is 0 Å². The van der Waals surface area contributed by atoms with E-state index in [0.717, 1.165) is 13.0 Å². The summed E-state index contributed by atoms with van der Waals surface area (Å²) in [5.74, 6) is 0. The standard InChI is InChI=1S/C10H18N2S/c1-4-6-11-8(3)10-12-7-9(5-2)13-10/h7-8,11H,4-6H2,1-3H3. The van der Waals surface area contributed by atoms with E-state index in [2.05, 4.69) is 31.1 Å². The molecular formula is C10H18N2S. The first-order valence-electron chi connectivity index (χ1n) is 4.95. The van der Waals surface area contributed by atoms with Crippen molar-refractivity contribution >= 4 is 11.3 Å². The number of nitrogens with zero attached hydrogens (tertiary/aromatic N) is 1. The summed E-state index contributed by atoms with van der Waals surface area (Å²) in [7, 11) is 0. The van der Waals surface area contributed by atoms with Gasteiger partial charge in [0.25, 0.3) is 0 Å². The van der Waals surface area contributed by atoms with Crippen LogP contribution in [0.4, 0.5) is 0 Å². The summed E-state index contributed by atoms with van der Waals surface area (Å²) in [4.78, 5) is 5.77. The van der Waals surface area contributed by atoms with Gasteiger partial charge < -0.3 is 5.32 Å². The third-order valence-electron chi connectivity index (χ3n) is 1.99. The zero-order chi connectivity index (χ0) is 9.68. The Morgan fingerprint density at radius 3 is 2.85 bits per heavy atom. The van der Waals surface area contributed by atoms with Gasteiger partial charge in [-0.3, -0.25) is 0 Å². The van der Waals surface area contributed by atoms with Crippen molar-refractivity contribution in [2.24, 2.45) is 0 Å². The molecule has 1 unspecified atom stereocenters. The molecule has 0 fully saturated rings. The van der Waals surface area contributed by atoms with Crippen LogP contribution in [0.25, 0.3) is 0 Å². The molecule has 3 heteroatoms. The molecule has 0 radical (unpaired) electrons. The van der Waals surface area contributed by atoms with Gasteiger partial charge >= 0.3 is 0 Å². The highest BCUT2D eigenvalue weighted by Crippen LogP contribution is 2.19. The third-order valence-corrected chi connectivity index (χ3v) is 3.32. The first kappa shape index (κ1) is 10.7. The van der Waals surface area contributed by atoms with Crippen molar-refractivity contribution in [3.63, 3.8) is 0 Å². The molecule has 1 atom stereocenters. The number of aryl methyl sites for hydroxylation is 1. The summed E-state index contributed by atoms with van der Waals surface area (Å²) < 4.78 is 0. The van der Waals surface area contributed by atoms with Crippen LogP contribution >= 0.6 is 11.3 Å². The van der Waals surface area contributed by atoms with Crippen LogP contribution in [0.5, 0.6) is 0 Å². The number of aromatic nitrogens is 1. The van der Waals surface area contributed by atoms with Crippen LogP contribution in [0.1, 0.15) is 43.1 Å². The molecule has 0 amide bonds. The smallest absolute Gasteiger partial charge is 0.109 e. The second-order valence-electron chi connectivity index (χ2n) is 3.19. The minimum atomic E-state index is 0.408. The topological polar surface area (TPSA) is 24.9 Å². The normalized spacial score (nSPS) is 13.2. The molecule has 0 bridgehead atoms. The number of thiazole rings is 1. The SMILES string of the molecule is CCCNC(C)c1ncc(CC)s1. The van der Waals surface area contributed by atoms with Crippen LogP contribution in [0, 0.1) is 0 Å². The van der Waals surface area contributed by atoms with Gasteiger partial charge in [0.15, 0.2) is 0 Å². The molecule has 0 aliphatic carbocycles. The number of rotatable bonds is 5. The second kappa shape index (κ2) is 5.35. The highest BCUT2D eigenvalue weighted by atomic mass is 32.1. The van der Waals surface area contributed by atoms with Gasteiger partial charge in [0.1, 0.15) is 5.01 Å². The van der Waals surface area contributed by atoms with Gasteiger partial charge in [-0.25, -0.2) is 4.98 Å². The average Bonchev–Trinajstić information content (AvgIpc) is 2.62. The number of hydrogen-bond acceptors (Lipinski definition) is 3. The molecule has 1 aromatic heterocycles. The Morgan fingerprint density at radius 1 is 1.54 bits per heavy atom. The summed E-state index contributed by atoms with van der Waals surface area (Å²) in [6.07, 6.45) is 4.26. The van der Waals surface area contributed by atoms with Crippen molar-refractivity contribution in [2.75, 3.05) is 6.54 Å². The lowest BCUT2D eigenvalue weighted by Crippen LogP contribution is -2.18. The minimum absolute atomic E-state index is 0.408. The van der Waals surface area contributed by atoms with E-state index in [1.54, 1.807) is 0 Å². The quantitative estimate of drug-likeness (QED) is 0.787. The zero-order valence-corrected chi connectivity index (χ0v) is 9.45. The monoisotopic (exact) mass is 198 g/mol. The van der Waals surface area contributed by atoms with E-state index in [1.165, 1.54) is 16.3 Å². The molecule has 0 saturated carbocycles. The van der Waals surface area contributed by atoms with E-state index in [-0.39, 0.29) is 0 Å². The van der Waals surface area contributed by atoms with E-state index < -0.39 is 0 Å². The Bertz CT molecular complexity index is 245. The van der Waals surface area contributed by atoms with Crippen LogP contribution in [0.15, 0.2) is 6.20 Å². The Labute approximate surface area is 84.4 Å². The summed E-state index contributed by atoms with van der Waals surface area (Å²) in [6, 6.07) is 0.408. The summed E-state index contributed by atoms with van der Waals surface area (Å²) in [6.45, 7) is 7.59. The summed E-state index contributed by atoms with van der Waals surface area (Å²) in [5.41, 5.74) is 0. The van der Waals surface area contributed by atoms with Gasteiger partial charge in [0.05, 0.1) is 6.04 Å². The fraction of sp³-hybridized carbons (Fsp3) is 0.700. The molecule has 0 spiro atoms. The Kier molecular flexibility index (Phi) is 4.39. The number of nitrogens with one attached hydrogen (secondary N) is 1. The molecule has 0 aromatic carbocycles. The summed E-state index contributed by atoms with van der Waals surface area (Å²) in [5, 5.41) is 4.65. The van der Waals surface area contributed by atoms with Gasteiger partial charge in [-0.2, -0.15) is 0 Å². The van der Waals surface area contributed by atoms with E-state index in [9.17, 15) is 0 Å². The molecule has 1 heterocycles. The van der Waals surface area contributed by atoms with E-state index >= 15 is 0 Å². The van der Waals surface area contributed by atoms with Crippen molar-refractivity contribution in [2.45, 2.75) is 39.7 Å². The van der Waals surface area contributed by atoms with E-state index in [1.807, 2.05) is 17.5 Å². The van der Waals surface area contributed by atoms with Crippen LogP contribution < -0.4 is 5.32 Å². The molecule has 0 aliphatic heterocycles. The average molecular weight is 198 g/mol. The summed E-state index contributed by atoms with van der Waals surface area (Å²) >= 11 is 1.82. The highest BCUT2D eigenvalue weighted by Gasteiger charge is 2.07. The van der Waals surface area contributed by atoms with Gasteiger partial charge in [-0.15, -0.1) is 11.3 Å². The minimum Gasteiger partial charge on any atom is -0.308 e. The maximum Gasteiger partial charge on any atom is 0.109 e. The lowest BCUT2D eigenvalue weighted by molar-refractivity contribution is 0.568. The van der Waals surface area contributed by atoms with E-state index in [4.69, 9.17) is 0 Å². The van der Waals surface area contributed by atoms with Crippen molar-refractivity contribution < 1.29 is 0 Å². The zero-order valence-electron chi connectivity index (χ0n) is 8.63. The van der Waals surface area contributed by atoms with E-state index in [0.29, 0.717) is 6.04 Å². The molecule has 1 N–H and O–H groups in total. The maximum absolute atomic E-state index is 4.40. The lowest BCUT2D eigenvalue weighted by Gasteiger charge is -2.08. The maximum atomic E-state index is 4.40. The van der Waals surface area contributed by atoms with Gasteiger partial charge in [-0.1, -0.05) is 13.8 Å². The second-order valence-corrected chi connectivity index (χ2v) is 4.34. The predicted octanol–water partition coefficient (Wildman–Crippen LogP) is 2.77. The first-order valence-corrected chi connectivity index (χ1v) is 5.77. The van der Waals surface area contributed by atoms with Gasteiger partial charge in [0, 0.05) is 11.1 Å². The Morgan fingerprint density at radius 2 is 2.31 bits per heavy atom. The van der Waals surface area contributed by atoms with Crippen molar-refractivity contribution in [1.29, 1.82) is 0 Å². The van der Waals surface area contributed by atoms with Crippen LogP contribution in [-0.2, 0) is 6.42 Å². The molecular weight excluding hydrogens is 180 g/mol. The molecule has 74 valence electrons. The fourth-order valence-electron chi connectivity index (χ4n) is 1.13. The highest BCUT2D eigenvalue weighted by molar-refractivity contribution is 7.11. The third kappa shape index (κ3) is 3.08. The van der Waals surface area contributed by atoms with Crippen LogP contribution in [-0.4, -0.2) is 11.5 Å². The largest absolute Gasteiger partial charge is 0.308 e. The molecule has 0 aliphatic rings. The molecule has 1 rings (SSSR count). The predicted molar refractivity (Wildman–Crippen MR) is 58.2 cm³/mol. The molecule has 1 aromatic rings. The molecule has 13 heavy (non-hydrogen) atoms. The molecule has 2 nitrogen and oxygen atoms in total. The Balaban J connectivity index is 2.50. The van der Waals surface area contributed by atoms with Crippen molar-refractivity contribution in [1.82, 2.24) is 10.3 Å². The number of hydrogen-bond donors (Lipinski definition) is 1. The van der Waals surface area contributed by atoms with Gasteiger partial charge in [0.2, 0.25) is 0 Å².